The van der Waals surface area contributed by atoms with Crippen molar-refractivity contribution in [3.63, 3.8) is 0 Å². The van der Waals surface area contributed by atoms with Crippen molar-refractivity contribution in [3.8, 4) is 0 Å². The molecule has 2 saturated heterocycles. The fraction of sp³-hybridized carbons (Fsp3) is 0.737. The highest BCUT2D eigenvalue weighted by Gasteiger charge is 2.34. The van der Waals surface area contributed by atoms with Crippen molar-refractivity contribution in [2.75, 3.05) is 32.7 Å². The van der Waals surface area contributed by atoms with Crippen molar-refractivity contribution >= 4 is 11.8 Å². The van der Waals surface area contributed by atoms with Crippen molar-refractivity contribution in [1.82, 2.24) is 24.9 Å². The summed E-state index contributed by atoms with van der Waals surface area (Å²) in [5, 5.41) is 7.85. The molecule has 142 valence electrons. The number of nitrogens with zero attached hydrogens (tertiary/aromatic N) is 4. The van der Waals surface area contributed by atoms with E-state index in [9.17, 15) is 9.59 Å². The first kappa shape index (κ1) is 17.5. The summed E-state index contributed by atoms with van der Waals surface area (Å²) in [7, 11) is 1.92. The highest BCUT2D eigenvalue weighted by molar-refractivity contribution is 5.94. The molecule has 0 saturated carbocycles. The molecule has 2 amide bonds. The van der Waals surface area contributed by atoms with E-state index in [2.05, 4.69) is 10.4 Å². The topological polar surface area (TPSA) is 70.5 Å². The Morgan fingerprint density at radius 2 is 1.85 bits per heavy atom. The molecule has 0 spiro atoms. The third-order valence-corrected chi connectivity index (χ3v) is 6.04. The molecule has 0 bridgehead atoms. The maximum atomic E-state index is 13.1. The Balaban J connectivity index is 1.47. The smallest absolute Gasteiger partial charge is 0.274 e. The average molecular weight is 359 g/mol. The number of aromatic nitrogens is 2. The molecule has 0 radical (unpaired) electrons. The minimum absolute atomic E-state index is 0.0123. The van der Waals surface area contributed by atoms with Crippen LogP contribution in [-0.2, 0) is 24.8 Å². The second-order valence-electron chi connectivity index (χ2n) is 7.80. The van der Waals surface area contributed by atoms with Crippen LogP contribution in [0.2, 0.25) is 0 Å². The summed E-state index contributed by atoms with van der Waals surface area (Å²) in [5.41, 5.74) is 2.76. The summed E-state index contributed by atoms with van der Waals surface area (Å²) in [5.74, 6) is 0.178. The molecule has 1 N–H and O–H groups in total. The number of carbonyl (C=O) groups is 2. The number of likely N-dealkylation sites (tertiary alicyclic amines) is 2. The van der Waals surface area contributed by atoms with Crippen LogP contribution < -0.4 is 5.32 Å². The Labute approximate surface area is 154 Å². The molecule has 7 heteroatoms. The van der Waals surface area contributed by atoms with Crippen LogP contribution in [-0.4, -0.2) is 64.1 Å². The lowest BCUT2D eigenvalue weighted by atomic mass is 9.95. The summed E-state index contributed by atoms with van der Waals surface area (Å²) < 4.78 is 1.85. The molecule has 3 aliphatic rings. The van der Waals surface area contributed by atoms with Crippen LogP contribution in [0.1, 0.15) is 53.8 Å². The van der Waals surface area contributed by atoms with Crippen molar-refractivity contribution in [1.29, 1.82) is 0 Å². The van der Waals surface area contributed by atoms with Crippen LogP contribution in [0.25, 0.3) is 0 Å². The number of fused-ring (bicyclic) bond motifs is 1. The van der Waals surface area contributed by atoms with Crippen molar-refractivity contribution < 1.29 is 9.59 Å². The van der Waals surface area contributed by atoms with E-state index in [0.29, 0.717) is 18.8 Å². The molecule has 2 fully saturated rings. The molecule has 1 aromatic rings. The van der Waals surface area contributed by atoms with Gasteiger partial charge < -0.3 is 15.1 Å². The van der Waals surface area contributed by atoms with Gasteiger partial charge in [-0.05, 0) is 32.1 Å². The molecule has 1 atom stereocenters. The van der Waals surface area contributed by atoms with Gasteiger partial charge in [-0.2, -0.15) is 5.10 Å². The first-order chi connectivity index (χ1) is 12.6. The minimum atomic E-state index is -0.0523. The number of nitrogens with one attached hydrogen (secondary N) is 1. The molecule has 0 aromatic carbocycles. The number of piperidine rings is 2. The molecule has 1 aromatic heterocycles. The van der Waals surface area contributed by atoms with Crippen LogP contribution in [0.4, 0.5) is 0 Å². The van der Waals surface area contributed by atoms with Gasteiger partial charge in [0.25, 0.3) is 5.91 Å². The Morgan fingerprint density at radius 1 is 1.08 bits per heavy atom. The van der Waals surface area contributed by atoms with Gasteiger partial charge in [-0.15, -0.1) is 0 Å². The largest absolute Gasteiger partial charge is 0.342 e. The van der Waals surface area contributed by atoms with Crippen LogP contribution in [0.5, 0.6) is 0 Å². The zero-order valence-corrected chi connectivity index (χ0v) is 15.7. The van der Waals surface area contributed by atoms with Crippen molar-refractivity contribution in [2.24, 2.45) is 13.0 Å². The van der Waals surface area contributed by atoms with E-state index >= 15 is 0 Å². The van der Waals surface area contributed by atoms with Crippen LogP contribution in [0.3, 0.4) is 0 Å². The maximum absolute atomic E-state index is 13.1. The van der Waals surface area contributed by atoms with E-state index in [4.69, 9.17) is 0 Å². The minimum Gasteiger partial charge on any atom is -0.342 e. The van der Waals surface area contributed by atoms with E-state index in [-0.39, 0.29) is 17.7 Å². The molecule has 7 nitrogen and oxygen atoms in total. The molecule has 1 unspecified atom stereocenters. The molecule has 3 aliphatic heterocycles. The van der Waals surface area contributed by atoms with E-state index in [1.54, 1.807) is 0 Å². The average Bonchev–Trinajstić information content (AvgIpc) is 3.04. The Kier molecular flexibility index (Phi) is 4.98. The third-order valence-electron chi connectivity index (χ3n) is 6.04. The Hall–Kier alpha value is -1.89. The predicted octanol–water partition coefficient (Wildman–Crippen LogP) is 0.931. The second-order valence-corrected chi connectivity index (χ2v) is 7.80. The Morgan fingerprint density at radius 3 is 2.65 bits per heavy atom. The fourth-order valence-corrected chi connectivity index (χ4v) is 4.58. The van der Waals surface area contributed by atoms with Gasteiger partial charge in [0.15, 0.2) is 5.69 Å². The normalized spacial score (nSPS) is 23.7. The third kappa shape index (κ3) is 3.24. The second kappa shape index (κ2) is 7.39. The number of hydrogen-bond acceptors (Lipinski definition) is 4. The number of carbonyl (C=O) groups excluding carboxylic acids is 2. The molecular weight excluding hydrogens is 330 g/mol. The number of aryl methyl sites for hydroxylation is 1. The monoisotopic (exact) mass is 359 g/mol. The first-order valence-corrected chi connectivity index (χ1v) is 9.98. The quantitative estimate of drug-likeness (QED) is 0.853. The summed E-state index contributed by atoms with van der Waals surface area (Å²) in [6, 6.07) is 0. The lowest BCUT2D eigenvalue weighted by Gasteiger charge is -2.36. The SMILES string of the molecule is Cn1nc(C(=O)N2CCCC(C(=O)N3CCCCC3)C2)c2c1CCNC2. The summed E-state index contributed by atoms with van der Waals surface area (Å²) >= 11 is 0. The van der Waals surface area contributed by atoms with E-state index in [1.165, 1.54) is 6.42 Å². The van der Waals surface area contributed by atoms with Gasteiger partial charge in [0.05, 0.1) is 5.92 Å². The fourth-order valence-electron chi connectivity index (χ4n) is 4.58. The van der Waals surface area contributed by atoms with Crippen molar-refractivity contribution in [3.05, 3.63) is 17.0 Å². The number of rotatable bonds is 2. The maximum Gasteiger partial charge on any atom is 0.274 e. The van der Waals surface area contributed by atoms with Gasteiger partial charge in [-0.1, -0.05) is 0 Å². The van der Waals surface area contributed by atoms with Gasteiger partial charge in [0, 0.05) is 64.0 Å². The molecular formula is C19H29N5O2. The number of amides is 2. The summed E-state index contributed by atoms with van der Waals surface area (Å²) in [6.07, 6.45) is 6.12. The molecule has 4 rings (SSSR count). The predicted molar refractivity (Wildman–Crippen MR) is 97.7 cm³/mol. The molecule has 4 heterocycles. The first-order valence-electron chi connectivity index (χ1n) is 9.98. The molecule has 0 aliphatic carbocycles. The van der Waals surface area contributed by atoms with Gasteiger partial charge in [-0.3, -0.25) is 14.3 Å². The van der Waals surface area contributed by atoms with Gasteiger partial charge in [0.2, 0.25) is 5.91 Å². The standard InChI is InChI=1S/C19H29N5O2/c1-22-16-7-8-20-12-15(16)17(21-22)19(26)24-11-5-6-14(13-24)18(25)23-9-3-2-4-10-23/h14,20H,2-13H2,1H3. The Bertz CT molecular complexity index is 692. The molecule has 26 heavy (non-hydrogen) atoms. The lowest BCUT2D eigenvalue weighted by molar-refractivity contribution is -0.137. The summed E-state index contributed by atoms with van der Waals surface area (Å²) in [6.45, 7) is 4.64. The summed E-state index contributed by atoms with van der Waals surface area (Å²) in [4.78, 5) is 29.8. The van der Waals surface area contributed by atoms with E-state index in [1.807, 2.05) is 21.5 Å². The zero-order chi connectivity index (χ0) is 18.1. The van der Waals surface area contributed by atoms with Crippen LogP contribution in [0.15, 0.2) is 0 Å². The van der Waals surface area contributed by atoms with Crippen LogP contribution in [0, 0.1) is 5.92 Å². The van der Waals surface area contributed by atoms with Crippen LogP contribution >= 0.6 is 0 Å². The van der Waals surface area contributed by atoms with E-state index in [0.717, 1.165) is 69.5 Å². The number of hydrogen-bond donors (Lipinski definition) is 1. The van der Waals surface area contributed by atoms with Gasteiger partial charge >= 0.3 is 0 Å². The van der Waals surface area contributed by atoms with Crippen molar-refractivity contribution in [2.45, 2.75) is 45.1 Å². The van der Waals surface area contributed by atoms with Gasteiger partial charge in [0.1, 0.15) is 0 Å². The zero-order valence-electron chi connectivity index (χ0n) is 15.7. The highest BCUT2D eigenvalue weighted by Crippen LogP contribution is 2.24. The van der Waals surface area contributed by atoms with E-state index < -0.39 is 0 Å². The highest BCUT2D eigenvalue weighted by atomic mass is 16.2. The van der Waals surface area contributed by atoms with Gasteiger partial charge in [-0.25, -0.2) is 0 Å². The lowest BCUT2D eigenvalue weighted by Crippen LogP contribution is -2.48.